The van der Waals surface area contributed by atoms with Gasteiger partial charge in [0.25, 0.3) is 0 Å². The Morgan fingerprint density at radius 3 is 2.72 bits per heavy atom. The predicted octanol–water partition coefficient (Wildman–Crippen LogP) is 2.97. The lowest BCUT2D eigenvalue weighted by atomic mass is 9.71. The summed E-state index contributed by atoms with van der Waals surface area (Å²) in [5, 5.41) is 4.98. The van der Waals surface area contributed by atoms with E-state index in [0.29, 0.717) is 12.5 Å². The number of urea groups is 1. The van der Waals surface area contributed by atoms with E-state index in [2.05, 4.69) is 27.7 Å². The highest BCUT2D eigenvalue weighted by Crippen LogP contribution is 2.43. The first-order valence-corrected chi connectivity index (χ1v) is 10.5. The number of piperidine rings is 1. The van der Waals surface area contributed by atoms with Gasteiger partial charge >= 0.3 is 6.03 Å². The minimum Gasteiger partial charge on any atom is -0.340 e. The molecule has 1 aromatic rings. The van der Waals surface area contributed by atoms with Gasteiger partial charge in [-0.15, -0.1) is 11.3 Å². The molecule has 0 bridgehead atoms. The SMILES string of the molecule is O=C1NCCN1C1CCCN(C(=O)C2(c3cccs3)CCCCC2)C1. The van der Waals surface area contributed by atoms with Crippen molar-refractivity contribution >= 4 is 23.3 Å². The van der Waals surface area contributed by atoms with Crippen molar-refractivity contribution in [3.8, 4) is 0 Å². The van der Waals surface area contributed by atoms with Gasteiger partial charge in [-0.05, 0) is 37.1 Å². The lowest BCUT2D eigenvalue weighted by Crippen LogP contribution is -2.55. The van der Waals surface area contributed by atoms with E-state index in [1.807, 2.05) is 4.90 Å². The molecule has 5 nitrogen and oxygen atoms in total. The van der Waals surface area contributed by atoms with Crippen LogP contribution < -0.4 is 5.32 Å². The van der Waals surface area contributed by atoms with Gasteiger partial charge < -0.3 is 15.1 Å². The van der Waals surface area contributed by atoms with E-state index in [1.54, 1.807) is 11.3 Å². The summed E-state index contributed by atoms with van der Waals surface area (Å²) in [6.45, 7) is 3.02. The van der Waals surface area contributed by atoms with Gasteiger partial charge in [-0.25, -0.2) is 4.79 Å². The smallest absolute Gasteiger partial charge is 0.317 e. The Kier molecular flexibility index (Phi) is 4.71. The highest BCUT2D eigenvalue weighted by molar-refractivity contribution is 7.10. The van der Waals surface area contributed by atoms with Gasteiger partial charge in [0.05, 0.1) is 11.5 Å². The fourth-order valence-corrected chi connectivity index (χ4v) is 5.78. The summed E-state index contributed by atoms with van der Waals surface area (Å²) in [5.41, 5.74) is -0.318. The summed E-state index contributed by atoms with van der Waals surface area (Å²) in [5.74, 6) is 0.305. The van der Waals surface area contributed by atoms with Crippen molar-refractivity contribution in [3.63, 3.8) is 0 Å². The van der Waals surface area contributed by atoms with Crippen molar-refractivity contribution in [1.29, 1.82) is 0 Å². The Labute approximate surface area is 153 Å². The van der Waals surface area contributed by atoms with Crippen LogP contribution in [0.25, 0.3) is 0 Å². The largest absolute Gasteiger partial charge is 0.340 e. The van der Waals surface area contributed by atoms with Crippen molar-refractivity contribution in [2.24, 2.45) is 0 Å². The minimum atomic E-state index is -0.318. The van der Waals surface area contributed by atoms with E-state index in [1.165, 1.54) is 11.3 Å². The predicted molar refractivity (Wildman–Crippen MR) is 98.8 cm³/mol. The molecule has 0 spiro atoms. The van der Waals surface area contributed by atoms with Crippen LogP contribution in [0.5, 0.6) is 0 Å². The highest BCUT2D eigenvalue weighted by atomic mass is 32.1. The van der Waals surface area contributed by atoms with Crippen molar-refractivity contribution in [2.45, 2.75) is 56.4 Å². The molecule has 1 aromatic heterocycles. The summed E-state index contributed by atoms with van der Waals surface area (Å²) in [6.07, 6.45) is 7.43. The quantitative estimate of drug-likeness (QED) is 0.900. The number of hydrogen-bond donors (Lipinski definition) is 1. The molecule has 2 aliphatic heterocycles. The molecule has 1 unspecified atom stereocenters. The molecule has 1 saturated carbocycles. The normalized spacial score (nSPS) is 26.6. The van der Waals surface area contributed by atoms with Crippen LogP contribution in [-0.4, -0.2) is 54.0 Å². The highest BCUT2D eigenvalue weighted by Gasteiger charge is 2.45. The number of carbonyl (C=O) groups excluding carboxylic acids is 2. The molecule has 0 aromatic carbocycles. The van der Waals surface area contributed by atoms with Crippen molar-refractivity contribution in [2.75, 3.05) is 26.2 Å². The second-order valence-electron chi connectivity index (χ2n) is 7.59. The molecule has 4 rings (SSSR count). The first-order chi connectivity index (χ1) is 12.2. The van der Waals surface area contributed by atoms with E-state index < -0.39 is 0 Å². The average molecular weight is 362 g/mol. The molecule has 136 valence electrons. The molecule has 3 amide bonds. The number of amides is 3. The molecule has 3 aliphatic rings. The van der Waals surface area contributed by atoms with Crippen LogP contribution in [0.1, 0.15) is 49.8 Å². The van der Waals surface area contributed by atoms with Crippen LogP contribution in [0.2, 0.25) is 0 Å². The molecule has 3 heterocycles. The third-order valence-electron chi connectivity index (χ3n) is 6.12. The molecule has 25 heavy (non-hydrogen) atoms. The van der Waals surface area contributed by atoms with E-state index in [4.69, 9.17) is 0 Å². The second kappa shape index (κ2) is 6.98. The van der Waals surface area contributed by atoms with E-state index in [-0.39, 0.29) is 17.5 Å². The minimum absolute atomic E-state index is 0.0323. The molecule has 2 saturated heterocycles. The molecule has 0 radical (unpaired) electrons. The number of thiophene rings is 1. The van der Waals surface area contributed by atoms with Crippen LogP contribution in [0.4, 0.5) is 4.79 Å². The van der Waals surface area contributed by atoms with Gasteiger partial charge in [-0.1, -0.05) is 25.3 Å². The Morgan fingerprint density at radius 1 is 1.20 bits per heavy atom. The summed E-state index contributed by atoms with van der Waals surface area (Å²) in [6, 6.07) is 4.41. The maximum absolute atomic E-state index is 13.6. The summed E-state index contributed by atoms with van der Waals surface area (Å²) in [4.78, 5) is 30.9. The van der Waals surface area contributed by atoms with E-state index in [9.17, 15) is 9.59 Å². The molecule has 1 N–H and O–H groups in total. The molecule has 6 heteroatoms. The summed E-state index contributed by atoms with van der Waals surface area (Å²) >= 11 is 1.73. The van der Waals surface area contributed by atoms with Crippen LogP contribution in [0.3, 0.4) is 0 Å². The van der Waals surface area contributed by atoms with Crippen LogP contribution in [0.15, 0.2) is 17.5 Å². The fraction of sp³-hybridized carbons (Fsp3) is 0.684. The number of nitrogens with zero attached hydrogens (tertiary/aromatic N) is 2. The molecular formula is C19H27N3O2S. The lowest BCUT2D eigenvalue weighted by molar-refractivity contribution is -0.140. The second-order valence-corrected chi connectivity index (χ2v) is 8.54. The standard InChI is InChI=1S/C19H27N3O2S/c23-17(19(8-2-1-3-9-19)16-7-5-13-25-16)21-11-4-6-15(14-21)22-12-10-20-18(22)24/h5,7,13,15H,1-4,6,8-12,14H2,(H,20,24). The fourth-order valence-electron chi connectivity index (χ4n) is 4.80. The Bertz CT molecular complexity index is 625. The number of carbonyl (C=O) groups is 2. The monoisotopic (exact) mass is 361 g/mol. The zero-order valence-electron chi connectivity index (χ0n) is 14.7. The van der Waals surface area contributed by atoms with Gasteiger partial charge in [0.15, 0.2) is 0 Å². The maximum Gasteiger partial charge on any atom is 0.317 e. The number of nitrogens with one attached hydrogen (secondary N) is 1. The summed E-state index contributed by atoms with van der Waals surface area (Å²) < 4.78 is 0. The van der Waals surface area contributed by atoms with Crippen LogP contribution in [-0.2, 0) is 10.2 Å². The van der Waals surface area contributed by atoms with Crippen LogP contribution >= 0.6 is 11.3 Å². The van der Waals surface area contributed by atoms with Crippen LogP contribution in [0, 0.1) is 0 Å². The average Bonchev–Trinajstić information content (AvgIpc) is 3.34. The zero-order chi connectivity index (χ0) is 17.3. The maximum atomic E-state index is 13.6. The Morgan fingerprint density at radius 2 is 2.04 bits per heavy atom. The number of rotatable bonds is 3. The Balaban J connectivity index is 1.54. The van der Waals surface area contributed by atoms with Crippen molar-refractivity contribution in [3.05, 3.63) is 22.4 Å². The van der Waals surface area contributed by atoms with Gasteiger partial charge in [-0.3, -0.25) is 4.79 Å². The molecular weight excluding hydrogens is 334 g/mol. The molecule has 1 aliphatic carbocycles. The topological polar surface area (TPSA) is 52.7 Å². The zero-order valence-corrected chi connectivity index (χ0v) is 15.5. The lowest BCUT2D eigenvalue weighted by Gasteiger charge is -2.43. The number of likely N-dealkylation sites (tertiary alicyclic amines) is 1. The molecule has 3 fully saturated rings. The number of hydrogen-bond acceptors (Lipinski definition) is 3. The van der Waals surface area contributed by atoms with Gasteiger partial charge in [-0.2, -0.15) is 0 Å². The van der Waals surface area contributed by atoms with Gasteiger partial charge in [0, 0.05) is 31.1 Å². The third kappa shape index (κ3) is 3.05. The first-order valence-electron chi connectivity index (χ1n) is 9.58. The Hall–Kier alpha value is -1.56. The van der Waals surface area contributed by atoms with E-state index >= 15 is 0 Å². The third-order valence-corrected chi connectivity index (χ3v) is 7.20. The van der Waals surface area contributed by atoms with Crippen molar-refractivity contribution in [1.82, 2.24) is 15.1 Å². The van der Waals surface area contributed by atoms with Gasteiger partial charge in [0.2, 0.25) is 5.91 Å². The van der Waals surface area contributed by atoms with Crippen molar-refractivity contribution < 1.29 is 9.59 Å². The van der Waals surface area contributed by atoms with E-state index in [0.717, 1.165) is 58.2 Å². The molecule has 1 atom stereocenters. The first kappa shape index (κ1) is 16.9. The van der Waals surface area contributed by atoms with Gasteiger partial charge in [0.1, 0.15) is 0 Å². The summed E-state index contributed by atoms with van der Waals surface area (Å²) in [7, 11) is 0.